The van der Waals surface area contributed by atoms with E-state index >= 15 is 0 Å². The number of likely N-dealkylation sites (tertiary alicyclic amines) is 1. The molecular weight excluding hydrogens is 394 g/mol. The summed E-state index contributed by atoms with van der Waals surface area (Å²) >= 11 is 2.87. The fourth-order valence-electron chi connectivity index (χ4n) is 3.95. The Labute approximate surface area is 172 Å². The number of fused-ring (bicyclic) bond motifs is 1. The highest BCUT2D eigenvalue weighted by Gasteiger charge is 2.32. The summed E-state index contributed by atoms with van der Waals surface area (Å²) in [6, 6.07) is 8.88. The van der Waals surface area contributed by atoms with Gasteiger partial charge in [-0.2, -0.15) is 0 Å². The number of carbonyl (C=O) groups is 2. The number of thiazole rings is 1. The van der Waals surface area contributed by atoms with E-state index in [1.54, 1.807) is 5.38 Å². The summed E-state index contributed by atoms with van der Waals surface area (Å²) in [5.74, 6) is -0.0353. The largest absolute Gasteiger partial charge is 0.476 e. The Morgan fingerprint density at radius 3 is 2.89 bits per heavy atom. The fraction of sp³-hybridized carbons (Fsp3) is 0.450. The Morgan fingerprint density at radius 1 is 1.29 bits per heavy atom. The van der Waals surface area contributed by atoms with Crippen molar-refractivity contribution < 1.29 is 14.7 Å². The Bertz CT molecular complexity index is 870. The van der Waals surface area contributed by atoms with Crippen molar-refractivity contribution in [3.63, 3.8) is 0 Å². The first-order chi connectivity index (χ1) is 13.6. The molecule has 2 aliphatic rings. The maximum atomic E-state index is 12.4. The highest BCUT2D eigenvalue weighted by molar-refractivity contribution is 8.01. The zero-order chi connectivity index (χ0) is 19.5. The lowest BCUT2D eigenvalue weighted by Gasteiger charge is -2.34. The minimum Gasteiger partial charge on any atom is -0.476 e. The van der Waals surface area contributed by atoms with Gasteiger partial charge in [-0.1, -0.05) is 36.0 Å². The molecule has 0 bridgehead atoms. The normalized spacial score (nSPS) is 19.8. The van der Waals surface area contributed by atoms with Crippen molar-refractivity contribution in [1.82, 2.24) is 14.8 Å². The Balaban J connectivity index is 1.30. The molecule has 6 nitrogen and oxygen atoms in total. The monoisotopic (exact) mass is 417 g/mol. The Kier molecular flexibility index (Phi) is 5.99. The van der Waals surface area contributed by atoms with Crippen LogP contribution in [0, 0.1) is 0 Å². The van der Waals surface area contributed by atoms with Crippen LogP contribution in [0.1, 0.15) is 34.5 Å². The van der Waals surface area contributed by atoms with E-state index in [2.05, 4.69) is 34.1 Å². The molecule has 148 valence electrons. The van der Waals surface area contributed by atoms with Gasteiger partial charge in [-0.15, -0.1) is 11.3 Å². The predicted octanol–water partition coefficient (Wildman–Crippen LogP) is 2.98. The molecule has 1 fully saturated rings. The molecule has 28 heavy (non-hydrogen) atoms. The SMILES string of the molecule is O=C(O)c1csc(SCCN2C(=O)CC[C@@H]2CN2CCc3ccccc3C2)n1. The molecule has 0 saturated carbocycles. The van der Waals surface area contributed by atoms with E-state index in [0.717, 1.165) is 42.6 Å². The van der Waals surface area contributed by atoms with E-state index in [9.17, 15) is 9.59 Å². The standard InChI is InChI=1S/C20H23N3O3S2/c24-18-6-5-16(12-22-8-7-14-3-1-2-4-15(14)11-22)23(18)9-10-27-20-21-17(13-28-20)19(25)26/h1-4,13,16H,5-12H2,(H,25,26)/t16-/m1/s1. The minimum atomic E-state index is -0.999. The Morgan fingerprint density at radius 2 is 2.11 bits per heavy atom. The topological polar surface area (TPSA) is 73.7 Å². The third-order valence-electron chi connectivity index (χ3n) is 5.39. The van der Waals surface area contributed by atoms with Gasteiger partial charge < -0.3 is 10.0 Å². The van der Waals surface area contributed by atoms with E-state index in [1.807, 2.05) is 4.90 Å². The van der Waals surface area contributed by atoms with Gasteiger partial charge in [0.1, 0.15) is 0 Å². The number of hydrogen-bond acceptors (Lipinski definition) is 6. The summed E-state index contributed by atoms with van der Waals surface area (Å²) in [6.07, 6.45) is 2.62. The number of thioether (sulfide) groups is 1. The number of aromatic nitrogens is 1. The maximum Gasteiger partial charge on any atom is 0.355 e. The van der Waals surface area contributed by atoms with E-state index in [4.69, 9.17) is 5.11 Å². The molecule has 1 amide bonds. The lowest BCUT2D eigenvalue weighted by atomic mass is 9.99. The molecule has 4 rings (SSSR count). The van der Waals surface area contributed by atoms with Gasteiger partial charge in [-0.25, -0.2) is 9.78 Å². The van der Waals surface area contributed by atoms with Crippen LogP contribution >= 0.6 is 23.1 Å². The maximum absolute atomic E-state index is 12.4. The second kappa shape index (κ2) is 8.63. The molecule has 8 heteroatoms. The first kappa shape index (κ1) is 19.4. The highest BCUT2D eigenvalue weighted by Crippen LogP contribution is 2.26. The van der Waals surface area contributed by atoms with Gasteiger partial charge in [0.2, 0.25) is 5.91 Å². The van der Waals surface area contributed by atoms with Crippen LogP contribution in [-0.4, -0.2) is 63.2 Å². The summed E-state index contributed by atoms with van der Waals surface area (Å²) in [6.45, 7) is 3.60. The number of amides is 1. The molecule has 3 heterocycles. The van der Waals surface area contributed by atoms with Gasteiger partial charge in [-0.3, -0.25) is 9.69 Å². The van der Waals surface area contributed by atoms with E-state index in [0.29, 0.717) is 13.0 Å². The number of hydrogen-bond donors (Lipinski definition) is 1. The molecule has 0 radical (unpaired) electrons. The molecule has 1 atom stereocenters. The molecule has 0 unspecified atom stereocenters. The van der Waals surface area contributed by atoms with E-state index in [-0.39, 0.29) is 17.6 Å². The summed E-state index contributed by atoms with van der Waals surface area (Å²) in [5, 5.41) is 10.5. The second-order valence-electron chi connectivity index (χ2n) is 7.19. The molecular formula is C20H23N3O3S2. The van der Waals surface area contributed by atoms with Gasteiger partial charge >= 0.3 is 5.97 Å². The minimum absolute atomic E-state index is 0.0907. The van der Waals surface area contributed by atoms with Crippen molar-refractivity contribution in [3.8, 4) is 0 Å². The molecule has 1 N–H and O–H groups in total. The molecule has 1 aromatic heterocycles. The number of rotatable bonds is 7. The molecule has 1 aromatic carbocycles. The van der Waals surface area contributed by atoms with Crippen LogP contribution in [-0.2, 0) is 17.8 Å². The number of aromatic carboxylic acids is 1. The van der Waals surface area contributed by atoms with Gasteiger partial charge in [0.15, 0.2) is 10.0 Å². The summed E-state index contributed by atoms with van der Waals surface area (Å²) in [7, 11) is 0. The van der Waals surface area contributed by atoms with Crippen LogP contribution in [0.4, 0.5) is 0 Å². The molecule has 1 saturated heterocycles. The number of carbonyl (C=O) groups excluding carboxylic acids is 1. The van der Waals surface area contributed by atoms with Gasteiger partial charge in [-0.05, 0) is 24.0 Å². The summed E-state index contributed by atoms with van der Waals surface area (Å²) in [5.41, 5.74) is 2.94. The van der Waals surface area contributed by atoms with E-state index < -0.39 is 5.97 Å². The summed E-state index contributed by atoms with van der Waals surface area (Å²) < 4.78 is 0.744. The number of nitrogens with zero attached hydrogens (tertiary/aromatic N) is 3. The quantitative estimate of drug-likeness (QED) is 0.698. The molecule has 2 aliphatic heterocycles. The van der Waals surface area contributed by atoms with Crippen LogP contribution in [0.2, 0.25) is 0 Å². The summed E-state index contributed by atoms with van der Waals surface area (Å²) in [4.78, 5) is 31.9. The first-order valence-electron chi connectivity index (χ1n) is 9.50. The van der Waals surface area contributed by atoms with Crippen LogP contribution in [0.25, 0.3) is 0 Å². The van der Waals surface area contributed by atoms with Crippen LogP contribution in [0.5, 0.6) is 0 Å². The zero-order valence-electron chi connectivity index (χ0n) is 15.5. The predicted molar refractivity (Wildman–Crippen MR) is 110 cm³/mol. The lowest BCUT2D eigenvalue weighted by Crippen LogP contribution is -2.44. The second-order valence-corrected chi connectivity index (χ2v) is 9.39. The molecule has 0 aliphatic carbocycles. The van der Waals surface area contributed by atoms with Crippen molar-refractivity contribution in [2.45, 2.75) is 36.2 Å². The fourth-order valence-corrected chi connectivity index (χ4v) is 5.76. The zero-order valence-corrected chi connectivity index (χ0v) is 17.2. The lowest BCUT2D eigenvalue weighted by molar-refractivity contribution is -0.128. The van der Waals surface area contributed by atoms with Crippen molar-refractivity contribution in [2.75, 3.05) is 25.4 Å². The van der Waals surface area contributed by atoms with Crippen LogP contribution in [0.3, 0.4) is 0 Å². The first-order valence-corrected chi connectivity index (χ1v) is 11.4. The van der Waals surface area contributed by atoms with Gasteiger partial charge in [0.05, 0.1) is 0 Å². The van der Waals surface area contributed by atoms with Crippen molar-refractivity contribution in [1.29, 1.82) is 0 Å². The van der Waals surface area contributed by atoms with Crippen LogP contribution in [0.15, 0.2) is 34.0 Å². The van der Waals surface area contributed by atoms with Crippen molar-refractivity contribution in [3.05, 3.63) is 46.5 Å². The Hall–Kier alpha value is -1.90. The van der Waals surface area contributed by atoms with E-state index in [1.165, 1.54) is 34.2 Å². The van der Waals surface area contributed by atoms with Crippen molar-refractivity contribution >= 4 is 35.0 Å². The van der Waals surface area contributed by atoms with Gasteiger partial charge in [0, 0.05) is 49.8 Å². The average Bonchev–Trinajstić information content (AvgIpc) is 3.30. The molecule has 2 aromatic rings. The highest BCUT2D eigenvalue weighted by atomic mass is 32.2. The molecule has 0 spiro atoms. The smallest absolute Gasteiger partial charge is 0.355 e. The number of benzene rings is 1. The third kappa shape index (κ3) is 4.39. The number of carboxylic acid groups (broad SMARTS) is 1. The third-order valence-corrected chi connectivity index (χ3v) is 7.39. The van der Waals surface area contributed by atoms with Crippen molar-refractivity contribution in [2.24, 2.45) is 0 Å². The van der Waals surface area contributed by atoms with Gasteiger partial charge in [0.25, 0.3) is 0 Å². The average molecular weight is 418 g/mol. The number of carboxylic acids is 1. The van der Waals surface area contributed by atoms with Crippen LogP contribution < -0.4 is 0 Å².